The Balaban J connectivity index is 1.76. The highest BCUT2D eigenvalue weighted by atomic mass is 16.5. The fraction of sp³-hybridized carbons (Fsp3) is 0.500. The summed E-state index contributed by atoms with van der Waals surface area (Å²) < 4.78 is 5.36. The average molecular weight is 466 g/mol. The van der Waals surface area contributed by atoms with Gasteiger partial charge in [-0.25, -0.2) is 0 Å². The maximum atomic E-state index is 13.1. The van der Waals surface area contributed by atoms with Crippen molar-refractivity contribution in [2.45, 2.75) is 58.8 Å². The zero-order valence-corrected chi connectivity index (χ0v) is 21.1. The van der Waals surface area contributed by atoms with Crippen LogP contribution in [0.2, 0.25) is 0 Å². The van der Waals surface area contributed by atoms with Gasteiger partial charge in [-0.1, -0.05) is 32.9 Å². The third-order valence-electron chi connectivity index (χ3n) is 6.16. The first-order valence-corrected chi connectivity index (χ1v) is 12.5. The van der Waals surface area contributed by atoms with E-state index in [1.807, 2.05) is 43.3 Å². The summed E-state index contributed by atoms with van der Waals surface area (Å²) in [5.74, 6) is -0.308. The number of nitrogens with zero attached hydrogens (tertiary/aromatic N) is 1. The molecule has 0 saturated carbocycles. The summed E-state index contributed by atoms with van der Waals surface area (Å²) in [4.78, 5) is 28.2. The lowest BCUT2D eigenvalue weighted by Crippen LogP contribution is -2.33. The highest BCUT2D eigenvalue weighted by molar-refractivity contribution is 6.06. The van der Waals surface area contributed by atoms with Gasteiger partial charge in [0.15, 0.2) is 0 Å². The number of carbonyl (C=O) groups excluding carboxylic acids is 2. The number of hydrogen-bond acceptors (Lipinski definition) is 4. The molecule has 0 radical (unpaired) electrons. The molecule has 1 aliphatic heterocycles. The number of anilines is 2. The summed E-state index contributed by atoms with van der Waals surface area (Å²) in [6, 6.07) is 13.3. The molecule has 0 atom stereocenters. The van der Waals surface area contributed by atoms with E-state index in [2.05, 4.69) is 36.3 Å². The Morgan fingerprint density at radius 2 is 1.68 bits per heavy atom. The van der Waals surface area contributed by atoms with E-state index in [-0.39, 0.29) is 17.2 Å². The molecule has 0 unspecified atom stereocenters. The number of rotatable bonds is 9. The summed E-state index contributed by atoms with van der Waals surface area (Å²) in [5.41, 5.74) is 3.94. The molecule has 2 aromatic carbocycles. The van der Waals surface area contributed by atoms with E-state index >= 15 is 0 Å². The van der Waals surface area contributed by atoms with E-state index in [0.29, 0.717) is 36.6 Å². The fourth-order valence-corrected chi connectivity index (χ4v) is 4.15. The van der Waals surface area contributed by atoms with Crippen molar-refractivity contribution in [3.63, 3.8) is 0 Å². The Bertz CT molecular complexity index is 958. The van der Waals surface area contributed by atoms with Gasteiger partial charge in [0.25, 0.3) is 11.8 Å². The zero-order valence-electron chi connectivity index (χ0n) is 21.1. The molecule has 6 heteroatoms. The predicted octanol–water partition coefficient (Wildman–Crippen LogP) is 5.38. The smallest absolute Gasteiger partial charge is 0.255 e. The lowest BCUT2D eigenvalue weighted by molar-refractivity contribution is 0.0943. The van der Waals surface area contributed by atoms with Gasteiger partial charge in [-0.15, -0.1) is 0 Å². The maximum Gasteiger partial charge on any atom is 0.255 e. The zero-order chi connectivity index (χ0) is 24.6. The van der Waals surface area contributed by atoms with Gasteiger partial charge in [-0.05, 0) is 73.9 Å². The largest absolute Gasteiger partial charge is 0.382 e. The van der Waals surface area contributed by atoms with Gasteiger partial charge in [-0.3, -0.25) is 9.59 Å². The van der Waals surface area contributed by atoms with Gasteiger partial charge in [0.05, 0.1) is 5.56 Å². The highest BCUT2D eigenvalue weighted by Crippen LogP contribution is 2.28. The first kappa shape index (κ1) is 25.8. The van der Waals surface area contributed by atoms with Gasteiger partial charge in [-0.2, -0.15) is 0 Å². The molecule has 1 saturated heterocycles. The van der Waals surface area contributed by atoms with Crippen LogP contribution in [0.5, 0.6) is 0 Å². The molecule has 0 bridgehead atoms. The van der Waals surface area contributed by atoms with E-state index in [1.54, 1.807) is 6.07 Å². The van der Waals surface area contributed by atoms with Crippen LogP contribution in [0.1, 0.15) is 79.7 Å². The Labute approximate surface area is 204 Å². The van der Waals surface area contributed by atoms with Crippen molar-refractivity contribution in [2.75, 3.05) is 43.1 Å². The second-order valence-electron chi connectivity index (χ2n) is 9.87. The number of benzene rings is 2. The van der Waals surface area contributed by atoms with Crippen molar-refractivity contribution in [1.29, 1.82) is 0 Å². The molecular formula is C28H39N3O3. The average Bonchev–Trinajstić information content (AvgIpc) is 2.84. The summed E-state index contributed by atoms with van der Waals surface area (Å²) in [7, 11) is 0. The summed E-state index contributed by atoms with van der Waals surface area (Å²) in [6.45, 7) is 12.1. The van der Waals surface area contributed by atoms with Gasteiger partial charge < -0.3 is 20.3 Å². The Morgan fingerprint density at radius 1 is 0.971 bits per heavy atom. The Hall–Kier alpha value is -2.86. The fourth-order valence-electron chi connectivity index (χ4n) is 4.15. The maximum absolute atomic E-state index is 13.1. The summed E-state index contributed by atoms with van der Waals surface area (Å²) in [5, 5.41) is 5.98. The highest BCUT2D eigenvalue weighted by Gasteiger charge is 2.20. The minimum Gasteiger partial charge on any atom is -0.382 e. The lowest BCUT2D eigenvalue weighted by Gasteiger charge is -2.30. The second-order valence-corrected chi connectivity index (χ2v) is 9.87. The third-order valence-corrected chi connectivity index (χ3v) is 6.16. The normalized spacial score (nSPS) is 14.1. The van der Waals surface area contributed by atoms with Crippen molar-refractivity contribution in [3.8, 4) is 0 Å². The molecule has 2 amide bonds. The molecular weight excluding hydrogens is 426 g/mol. The SMILES string of the molecule is CCOCCCNC(=O)c1cc(NC(=O)c2ccc(C(C)(C)C)cc2)ccc1N1CCCCC1. The standard InChI is InChI=1S/C28H39N3O3/c1-5-34-19-9-16-29-27(33)24-20-23(14-15-25(24)31-17-7-6-8-18-31)30-26(32)21-10-12-22(13-11-21)28(2,3)4/h10-15,20H,5-9,16-19H2,1-4H3,(H,29,33)(H,30,32). The number of piperidine rings is 1. The van der Waals surface area contributed by atoms with Crippen LogP contribution in [0.25, 0.3) is 0 Å². The molecule has 2 aromatic rings. The van der Waals surface area contributed by atoms with Crippen molar-refractivity contribution in [3.05, 3.63) is 59.2 Å². The van der Waals surface area contributed by atoms with Crippen molar-refractivity contribution < 1.29 is 14.3 Å². The van der Waals surface area contributed by atoms with Crippen LogP contribution in [0, 0.1) is 0 Å². The van der Waals surface area contributed by atoms with E-state index < -0.39 is 0 Å². The van der Waals surface area contributed by atoms with Crippen LogP contribution in [-0.2, 0) is 10.2 Å². The molecule has 0 aliphatic carbocycles. The molecule has 1 heterocycles. The monoisotopic (exact) mass is 465 g/mol. The topological polar surface area (TPSA) is 70.7 Å². The predicted molar refractivity (Wildman–Crippen MR) is 139 cm³/mol. The number of nitrogens with one attached hydrogen (secondary N) is 2. The summed E-state index contributed by atoms with van der Waals surface area (Å²) >= 11 is 0. The lowest BCUT2D eigenvalue weighted by atomic mass is 9.87. The Kier molecular flexibility index (Phi) is 9.11. The summed E-state index contributed by atoms with van der Waals surface area (Å²) in [6.07, 6.45) is 4.23. The molecule has 184 valence electrons. The minimum absolute atomic E-state index is 0.0320. The van der Waals surface area contributed by atoms with Crippen molar-refractivity contribution in [2.24, 2.45) is 0 Å². The van der Waals surface area contributed by atoms with Gasteiger partial charge in [0.2, 0.25) is 0 Å². The van der Waals surface area contributed by atoms with Crippen LogP contribution in [0.3, 0.4) is 0 Å². The third kappa shape index (κ3) is 7.07. The second kappa shape index (κ2) is 12.0. The molecule has 3 rings (SSSR count). The molecule has 34 heavy (non-hydrogen) atoms. The minimum atomic E-state index is -0.186. The van der Waals surface area contributed by atoms with Gasteiger partial charge in [0, 0.05) is 49.8 Å². The van der Waals surface area contributed by atoms with Gasteiger partial charge in [0.1, 0.15) is 0 Å². The quantitative estimate of drug-likeness (QED) is 0.488. The van der Waals surface area contributed by atoms with Crippen molar-refractivity contribution >= 4 is 23.2 Å². The van der Waals surface area contributed by atoms with Crippen LogP contribution >= 0.6 is 0 Å². The molecule has 1 aliphatic rings. The van der Waals surface area contributed by atoms with Crippen LogP contribution < -0.4 is 15.5 Å². The van der Waals surface area contributed by atoms with E-state index in [4.69, 9.17) is 4.74 Å². The molecule has 6 nitrogen and oxygen atoms in total. The number of carbonyl (C=O) groups is 2. The van der Waals surface area contributed by atoms with E-state index in [0.717, 1.165) is 38.0 Å². The Morgan fingerprint density at radius 3 is 2.32 bits per heavy atom. The molecule has 2 N–H and O–H groups in total. The van der Waals surface area contributed by atoms with E-state index in [9.17, 15) is 9.59 Å². The first-order valence-electron chi connectivity index (χ1n) is 12.5. The van der Waals surface area contributed by atoms with Gasteiger partial charge >= 0.3 is 0 Å². The molecule has 0 spiro atoms. The molecule has 1 fully saturated rings. The van der Waals surface area contributed by atoms with Crippen LogP contribution in [0.15, 0.2) is 42.5 Å². The first-order chi connectivity index (χ1) is 16.3. The van der Waals surface area contributed by atoms with Crippen LogP contribution in [-0.4, -0.2) is 44.7 Å². The molecule has 0 aromatic heterocycles. The van der Waals surface area contributed by atoms with Crippen LogP contribution in [0.4, 0.5) is 11.4 Å². The van der Waals surface area contributed by atoms with Crippen molar-refractivity contribution in [1.82, 2.24) is 5.32 Å². The van der Waals surface area contributed by atoms with E-state index in [1.165, 1.54) is 12.0 Å². The number of ether oxygens (including phenoxy) is 1. The number of amides is 2. The number of hydrogen-bond donors (Lipinski definition) is 2.